The number of aliphatic hydroxyl groups excluding tert-OH is 1. The van der Waals surface area contributed by atoms with E-state index in [4.69, 9.17) is 9.52 Å². The Hall–Kier alpha value is -1.36. The van der Waals surface area contributed by atoms with Crippen molar-refractivity contribution in [3.05, 3.63) is 17.8 Å². The normalized spacial score (nSPS) is 12.5. The predicted molar refractivity (Wildman–Crippen MR) is 49.9 cm³/mol. The highest BCUT2D eigenvalue weighted by molar-refractivity contribution is 5.92. The average Bonchev–Trinajstić information content (AvgIpc) is 2.60. The summed E-state index contributed by atoms with van der Waals surface area (Å²) in [5.74, 6) is -0.127. The number of carbonyl (C=O) groups is 1. The first kappa shape index (κ1) is 10.7. The van der Waals surface area contributed by atoms with Crippen LogP contribution in [0.15, 0.2) is 10.8 Å². The van der Waals surface area contributed by atoms with Gasteiger partial charge in [0, 0.05) is 0 Å². The second-order valence-electron chi connectivity index (χ2n) is 3.03. The van der Waals surface area contributed by atoms with Gasteiger partial charge in [0.2, 0.25) is 5.76 Å². The van der Waals surface area contributed by atoms with Crippen LogP contribution in [0.5, 0.6) is 0 Å². The lowest BCUT2D eigenvalue weighted by Gasteiger charge is -2.12. The van der Waals surface area contributed by atoms with E-state index in [0.29, 0.717) is 12.1 Å². The molecule has 0 aliphatic heterocycles. The largest absolute Gasteiger partial charge is 0.438 e. The van der Waals surface area contributed by atoms with Gasteiger partial charge in [0.1, 0.15) is 0 Å². The van der Waals surface area contributed by atoms with Crippen LogP contribution in [0.25, 0.3) is 0 Å². The van der Waals surface area contributed by atoms with Gasteiger partial charge in [-0.3, -0.25) is 4.79 Å². The Morgan fingerprint density at radius 3 is 2.93 bits per heavy atom. The second kappa shape index (κ2) is 4.76. The number of aliphatic hydroxyl groups is 1. The van der Waals surface area contributed by atoms with Crippen molar-refractivity contribution in [2.45, 2.75) is 26.3 Å². The smallest absolute Gasteiger partial charge is 0.289 e. The van der Waals surface area contributed by atoms with Gasteiger partial charge in [-0.15, -0.1) is 0 Å². The van der Waals surface area contributed by atoms with Crippen LogP contribution in [0.4, 0.5) is 0 Å². The van der Waals surface area contributed by atoms with Crippen molar-refractivity contribution in [3.63, 3.8) is 0 Å². The fourth-order valence-corrected chi connectivity index (χ4v) is 1.05. The van der Waals surface area contributed by atoms with E-state index in [1.54, 1.807) is 6.92 Å². The first-order valence-electron chi connectivity index (χ1n) is 4.50. The summed E-state index contributed by atoms with van der Waals surface area (Å²) in [4.78, 5) is 15.3. The van der Waals surface area contributed by atoms with Crippen LogP contribution < -0.4 is 5.32 Å². The molecular weight excluding hydrogens is 184 g/mol. The lowest BCUT2D eigenvalue weighted by molar-refractivity contribution is 0.0886. The standard InChI is InChI=1S/C9H14N2O3/c1-3-7(4-12)11-9(13)8-6(2)10-5-14-8/h5,7,12H,3-4H2,1-2H3,(H,11,13). The SMILES string of the molecule is CCC(CO)NC(=O)c1ocnc1C. The number of hydrogen-bond acceptors (Lipinski definition) is 4. The lowest BCUT2D eigenvalue weighted by atomic mass is 10.2. The molecule has 14 heavy (non-hydrogen) atoms. The van der Waals surface area contributed by atoms with E-state index in [9.17, 15) is 4.79 Å². The van der Waals surface area contributed by atoms with E-state index in [1.165, 1.54) is 6.39 Å². The third kappa shape index (κ3) is 2.32. The Balaban J connectivity index is 2.63. The van der Waals surface area contributed by atoms with E-state index >= 15 is 0 Å². The number of aromatic nitrogens is 1. The molecule has 0 aromatic carbocycles. The van der Waals surface area contributed by atoms with Crippen molar-refractivity contribution in [2.75, 3.05) is 6.61 Å². The molecule has 0 saturated carbocycles. The zero-order valence-corrected chi connectivity index (χ0v) is 8.28. The highest BCUT2D eigenvalue weighted by Gasteiger charge is 2.16. The number of amides is 1. The highest BCUT2D eigenvalue weighted by Crippen LogP contribution is 2.05. The molecule has 0 bridgehead atoms. The van der Waals surface area contributed by atoms with Crippen LogP contribution in [-0.4, -0.2) is 28.6 Å². The van der Waals surface area contributed by atoms with Crippen LogP contribution in [0.2, 0.25) is 0 Å². The molecule has 0 saturated heterocycles. The molecule has 0 spiro atoms. The van der Waals surface area contributed by atoms with Gasteiger partial charge in [0.15, 0.2) is 6.39 Å². The number of carbonyl (C=O) groups excluding carboxylic acids is 1. The summed E-state index contributed by atoms with van der Waals surface area (Å²) >= 11 is 0. The van der Waals surface area contributed by atoms with Gasteiger partial charge in [-0.05, 0) is 13.3 Å². The molecule has 5 heteroatoms. The summed E-state index contributed by atoms with van der Waals surface area (Å²) in [6.45, 7) is 3.50. The number of hydrogen-bond donors (Lipinski definition) is 2. The fourth-order valence-electron chi connectivity index (χ4n) is 1.05. The molecule has 1 aromatic heterocycles. The van der Waals surface area contributed by atoms with Crippen molar-refractivity contribution in [1.82, 2.24) is 10.3 Å². The maximum absolute atomic E-state index is 11.5. The van der Waals surface area contributed by atoms with Crippen molar-refractivity contribution >= 4 is 5.91 Å². The van der Waals surface area contributed by atoms with E-state index in [1.807, 2.05) is 6.92 Å². The summed E-state index contributed by atoms with van der Waals surface area (Å²) in [5, 5.41) is 11.5. The second-order valence-corrected chi connectivity index (χ2v) is 3.03. The summed E-state index contributed by atoms with van der Waals surface area (Å²) in [6, 6.07) is -0.230. The molecular formula is C9H14N2O3. The maximum atomic E-state index is 11.5. The Labute approximate surface area is 82.1 Å². The fraction of sp³-hybridized carbons (Fsp3) is 0.556. The first-order chi connectivity index (χ1) is 6.69. The first-order valence-corrected chi connectivity index (χ1v) is 4.50. The van der Waals surface area contributed by atoms with Crippen LogP contribution in [-0.2, 0) is 0 Å². The van der Waals surface area contributed by atoms with E-state index in [-0.39, 0.29) is 24.3 Å². The minimum atomic E-state index is -0.332. The third-order valence-electron chi connectivity index (χ3n) is 2.00. The molecule has 0 aliphatic carbocycles. The molecule has 1 unspecified atom stereocenters. The van der Waals surface area contributed by atoms with Gasteiger partial charge in [-0.2, -0.15) is 0 Å². The molecule has 1 heterocycles. The maximum Gasteiger partial charge on any atom is 0.289 e. The Morgan fingerprint density at radius 2 is 2.50 bits per heavy atom. The molecule has 1 rings (SSSR count). The molecule has 0 radical (unpaired) electrons. The number of nitrogens with one attached hydrogen (secondary N) is 1. The van der Waals surface area contributed by atoms with E-state index in [0.717, 1.165) is 0 Å². The van der Waals surface area contributed by atoms with Crippen molar-refractivity contribution in [1.29, 1.82) is 0 Å². The summed E-state index contributed by atoms with van der Waals surface area (Å²) in [6.07, 6.45) is 1.90. The molecule has 1 aromatic rings. The molecule has 5 nitrogen and oxygen atoms in total. The quantitative estimate of drug-likeness (QED) is 0.738. The predicted octanol–water partition coefficient (Wildman–Crippen LogP) is 0.484. The summed E-state index contributed by atoms with van der Waals surface area (Å²) in [5.41, 5.74) is 0.551. The number of rotatable bonds is 4. The van der Waals surface area contributed by atoms with Crippen molar-refractivity contribution < 1.29 is 14.3 Å². The number of oxazole rings is 1. The number of nitrogens with zero attached hydrogens (tertiary/aromatic N) is 1. The Kier molecular flexibility index (Phi) is 3.64. The van der Waals surface area contributed by atoms with Gasteiger partial charge in [0.25, 0.3) is 5.91 Å². The topological polar surface area (TPSA) is 75.4 Å². The summed E-state index contributed by atoms with van der Waals surface area (Å²) in [7, 11) is 0. The van der Waals surface area contributed by atoms with E-state index < -0.39 is 0 Å². The molecule has 78 valence electrons. The van der Waals surface area contributed by atoms with Gasteiger partial charge < -0.3 is 14.8 Å². The minimum absolute atomic E-state index is 0.0740. The van der Waals surface area contributed by atoms with Gasteiger partial charge in [-0.25, -0.2) is 4.98 Å². The van der Waals surface area contributed by atoms with Gasteiger partial charge >= 0.3 is 0 Å². The van der Waals surface area contributed by atoms with E-state index in [2.05, 4.69) is 10.3 Å². The zero-order chi connectivity index (χ0) is 10.6. The Morgan fingerprint density at radius 1 is 1.79 bits per heavy atom. The molecule has 1 atom stereocenters. The molecule has 1 amide bonds. The molecule has 2 N–H and O–H groups in total. The number of aryl methyl sites for hydroxylation is 1. The van der Waals surface area contributed by atoms with Crippen molar-refractivity contribution in [3.8, 4) is 0 Å². The van der Waals surface area contributed by atoms with Crippen LogP contribution in [0, 0.1) is 6.92 Å². The highest BCUT2D eigenvalue weighted by atomic mass is 16.3. The van der Waals surface area contributed by atoms with Crippen LogP contribution in [0.3, 0.4) is 0 Å². The van der Waals surface area contributed by atoms with Crippen LogP contribution >= 0.6 is 0 Å². The molecule has 0 aliphatic rings. The third-order valence-corrected chi connectivity index (χ3v) is 2.00. The van der Waals surface area contributed by atoms with Crippen LogP contribution in [0.1, 0.15) is 29.6 Å². The summed E-state index contributed by atoms with van der Waals surface area (Å²) < 4.78 is 4.91. The Bertz CT molecular complexity index is 305. The van der Waals surface area contributed by atoms with Gasteiger partial charge in [-0.1, -0.05) is 6.92 Å². The van der Waals surface area contributed by atoms with Crippen molar-refractivity contribution in [2.24, 2.45) is 0 Å². The lowest BCUT2D eigenvalue weighted by Crippen LogP contribution is -2.37. The minimum Gasteiger partial charge on any atom is -0.438 e. The van der Waals surface area contributed by atoms with Gasteiger partial charge in [0.05, 0.1) is 18.3 Å². The average molecular weight is 198 g/mol. The molecule has 0 fully saturated rings. The monoisotopic (exact) mass is 198 g/mol. The zero-order valence-electron chi connectivity index (χ0n) is 8.28.